The van der Waals surface area contributed by atoms with E-state index in [0.29, 0.717) is 6.04 Å². The van der Waals surface area contributed by atoms with Crippen LogP contribution >= 0.6 is 38.6 Å². The van der Waals surface area contributed by atoms with E-state index in [1.807, 2.05) is 0 Å². The van der Waals surface area contributed by atoms with Gasteiger partial charge in [-0.05, 0) is 35.5 Å². The van der Waals surface area contributed by atoms with Crippen molar-refractivity contribution in [3.8, 4) is 9.88 Å². The molecule has 0 aliphatic heterocycles. The first-order valence-corrected chi connectivity index (χ1v) is 7.69. The molecule has 2 rings (SSSR count). The Bertz CT molecular complexity index is 464. The summed E-state index contributed by atoms with van der Waals surface area (Å²) in [7, 11) is 0. The number of thiazole rings is 1. The molecule has 0 radical (unpaired) electrons. The van der Waals surface area contributed by atoms with Crippen molar-refractivity contribution in [2.45, 2.75) is 19.9 Å². The van der Waals surface area contributed by atoms with Crippen LogP contribution in [-0.4, -0.2) is 11.5 Å². The molecule has 2 aromatic rings. The van der Waals surface area contributed by atoms with E-state index in [-0.39, 0.29) is 0 Å². The van der Waals surface area contributed by atoms with Gasteiger partial charge in [-0.25, -0.2) is 4.98 Å². The summed E-state index contributed by atoms with van der Waals surface area (Å²) in [5.74, 6) is 0. The van der Waals surface area contributed by atoms with Crippen molar-refractivity contribution in [1.82, 2.24) is 10.3 Å². The molecule has 0 saturated heterocycles. The molecule has 0 aromatic carbocycles. The van der Waals surface area contributed by atoms with Crippen LogP contribution in [0, 0.1) is 0 Å². The SMILES string of the molecule is CCNC(C)c1csc(-c2cc(Br)cs2)n1. The second kappa shape index (κ2) is 5.40. The summed E-state index contributed by atoms with van der Waals surface area (Å²) in [5.41, 5.74) is 1.13. The molecule has 1 unspecified atom stereocenters. The van der Waals surface area contributed by atoms with Crippen LogP contribution in [0.5, 0.6) is 0 Å². The topological polar surface area (TPSA) is 24.9 Å². The van der Waals surface area contributed by atoms with E-state index in [1.54, 1.807) is 22.7 Å². The number of aromatic nitrogens is 1. The lowest BCUT2D eigenvalue weighted by Crippen LogP contribution is -2.17. The van der Waals surface area contributed by atoms with Gasteiger partial charge in [0.1, 0.15) is 5.01 Å². The Kier molecular flexibility index (Phi) is 4.13. The van der Waals surface area contributed by atoms with E-state index in [2.05, 4.69) is 56.9 Å². The van der Waals surface area contributed by atoms with Gasteiger partial charge < -0.3 is 5.32 Å². The highest BCUT2D eigenvalue weighted by Gasteiger charge is 2.11. The summed E-state index contributed by atoms with van der Waals surface area (Å²) in [6, 6.07) is 2.45. The van der Waals surface area contributed by atoms with Crippen LogP contribution < -0.4 is 5.32 Å². The normalized spacial score (nSPS) is 12.9. The molecule has 0 bridgehead atoms. The van der Waals surface area contributed by atoms with Gasteiger partial charge in [-0.15, -0.1) is 22.7 Å². The van der Waals surface area contributed by atoms with Crippen LogP contribution in [0.3, 0.4) is 0 Å². The summed E-state index contributed by atoms with van der Waals surface area (Å²) < 4.78 is 1.13. The van der Waals surface area contributed by atoms with Crippen LogP contribution in [0.2, 0.25) is 0 Å². The van der Waals surface area contributed by atoms with Gasteiger partial charge >= 0.3 is 0 Å². The predicted octanol–water partition coefficient (Wildman–Crippen LogP) is 4.30. The number of hydrogen-bond acceptors (Lipinski definition) is 4. The fraction of sp³-hybridized carbons (Fsp3) is 0.364. The summed E-state index contributed by atoms with van der Waals surface area (Å²) in [6.45, 7) is 5.23. The Morgan fingerprint density at radius 3 is 2.88 bits per heavy atom. The van der Waals surface area contributed by atoms with E-state index in [4.69, 9.17) is 0 Å². The fourth-order valence-electron chi connectivity index (χ4n) is 1.43. The van der Waals surface area contributed by atoms with Gasteiger partial charge in [0.05, 0.1) is 10.6 Å². The molecule has 0 fully saturated rings. The third kappa shape index (κ3) is 2.71. The number of halogens is 1. The van der Waals surface area contributed by atoms with Crippen molar-refractivity contribution in [3.05, 3.63) is 27.0 Å². The van der Waals surface area contributed by atoms with Crippen molar-refractivity contribution in [2.24, 2.45) is 0 Å². The highest BCUT2D eigenvalue weighted by molar-refractivity contribution is 9.10. The second-order valence-corrected chi connectivity index (χ2v) is 6.17. The van der Waals surface area contributed by atoms with Crippen LogP contribution in [-0.2, 0) is 0 Å². The minimum atomic E-state index is 0.332. The zero-order valence-corrected chi connectivity index (χ0v) is 12.4. The van der Waals surface area contributed by atoms with Gasteiger partial charge in [0.15, 0.2) is 0 Å². The van der Waals surface area contributed by atoms with Crippen molar-refractivity contribution in [2.75, 3.05) is 6.54 Å². The first-order valence-electron chi connectivity index (χ1n) is 5.14. The molecular weight excluding hydrogens is 304 g/mol. The van der Waals surface area contributed by atoms with Gasteiger partial charge in [-0.3, -0.25) is 0 Å². The van der Waals surface area contributed by atoms with E-state index in [0.717, 1.165) is 21.7 Å². The fourth-order valence-corrected chi connectivity index (χ4v) is 3.86. The number of hydrogen-bond donors (Lipinski definition) is 1. The predicted molar refractivity (Wildman–Crippen MR) is 75.2 cm³/mol. The molecule has 0 saturated carbocycles. The van der Waals surface area contributed by atoms with Crippen LogP contribution in [0.1, 0.15) is 25.6 Å². The summed E-state index contributed by atoms with van der Waals surface area (Å²) in [6.07, 6.45) is 0. The average Bonchev–Trinajstić information content (AvgIpc) is 2.85. The molecule has 2 heterocycles. The van der Waals surface area contributed by atoms with Crippen molar-refractivity contribution in [1.29, 1.82) is 0 Å². The summed E-state index contributed by atoms with van der Waals surface area (Å²) >= 11 is 6.90. The molecule has 2 aromatic heterocycles. The van der Waals surface area contributed by atoms with E-state index in [9.17, 15) is 0 Å². The Morgan fingerprint density at radius 1 is 1.44 bits per heavy atom. The molecule has 0 amide bonds. The molecular formula is C11H13BrN2S2. The molecule has 5 heteroatoms. The van der Waals surface area contributed by atoms with Crippen molar-refractivity contribution >= 4 is 38.6 Å². The van der Waals surface area contributed by atoms with Gasteiger partial charge in [0.25, 0.3) is 0 Å². The maximum atomic E-state index is 4.66. The third-order valence-corrected chi connectivity index (χ3v) is 4.97. The highest BCUT2D eigenvalue weighted by atomic mass is 79.9. The first-order chi connectivity index (χ1) is 7.70. The first kappa shape index (κ1) is 12.2. The van der Waals surface area contributed by atoms with Gasteiger partial charge in [-0.1, -0.05) is 6.92 Å². The maximum absolute atomic E-state index is 4.66. The van der Waals surface area contributed by atoms with Crippen molar-refractivity contribution < 1.29 is 0 Å². The highest BCUT2D eigenvalue weighted by Crippen LogP contribution is 2.32. The monoisotopic (exact) mass is 316 g/mol. The average molecular weight is 317 g/mol. The third-order valence-electron chi connectivity index (χ3n) is 2.25. The van der Waals surface area contributed by atoms with Gasteiger partial charge in [-0.2, -0.15) is 0 Å². The lowest BCUT2D eigenvalue weighted by atomic mass is 10.2. The lowest BCUT2D eigenvalue weighted by Gasteiger charge is -2.07. The molecule has 0 aliphatic carbocycles. The Morgan fingerprint density at radius 2 is 2.25 bits per heavy atom. The smallest absolute Gasteiger partial charge is 0.133 e. The minimum Gasteiger partial charge on any atom is -0.309 e. The number of rotatable bonds is 4. The Hall–Kier alpha value is -0.230. The molecule has 1 N–H and O–H groups in total. The van der Waals surface area contributed by atoms with Crippen LogP contribution in [0.15, 0.2) is 21.3 Å². The standard InChI is InChI=1S/C11H13BrN2S2/c1-3-13-7(2)9-6-16-11(14-9)10-4-8(12)5-15-10/h4-7,13H,3H2,1-2H3. The zero-order chi connectivity index (χ0) is 11.5. The molecule has 0 aliphatic rings. The zero-order valence-electron chi connectivity index (χ0n) is 9.16. The van der Waals surface area contributed by atoms with E-state index >= 15 is 0 Å². The maximum Gasteiger partial charge on any atom is 0.133 e. The number of thiophene rings is 1. The summed E-state index contributed by atoms with van der Waals surface area (Å²) in [4.78, 5) is 5.89. The molecule has 1 atom stereocenters. The largest absolute Gasteiger partial charge is 0.309 e. The molecule has 16 heavy (non-hydrogen) atoms. The number of nitrogens with zero attached hydrogens (tertiary/aromatic N) is 1. The lowest BCUT2D eigenvalue weighted by molar-refractivity contribution is 0.587. The minimum absolute atomic E-state index is 0.332. The van der Waals surface area contributed by atoms with E-state index < -0.39 is 0 Å². The van der Waals surface area contributed by atoms with Crippen LogP contribution in [0.25, 0.3) is 9.88 Å². The van der Waals surface area contributed by atoms with Gasteiger partial charge in [0.2, 0.25) is 0 Å². The Labute approximate surface area is 112 Å². The van der Waals surface area contributed by atoms with Crippen LogP contribution in [0.4, 0.5) is 0 Å². The molecule has 86 valence electrons. The number of nitrogens with one attached hydrogen (secondary N) is 1. The summed E-state index contributed by atoms with van der Waals surface area (Å²) in [5, 5.41) is 8.70. The van der Waals surface area contributed by atoms with E-state index in [1.165, 1.54) is 4.88 Å². The quantitative estimate of drug-likeness (QED) is 0.909. The van der Waals surface area contributed by atoms with Crippen molar-refractivity contribution in [3.63, 3.8) is 0 Å². The Balaban J connectivity index is 2.19. The second-order valence-electron chi connectivity index (χ2n) is 3.49. The molecule has 0 spiro atoms. The molecule has 2 nitrogen and oxygen atoms in total. The van der Waals surface area contributed by atoms with Gasteiger partial charge in [0, 0.05) is 21.3 Å².